The van der Waals surface area contributed by atoms with Gasteiger partial charge in [0, 0.05) is 43.0 Å². The summed E-state index contributed by atoms with van der Waals surface area (Å²) in [4.78, 5) is 34.0. The molecule has 9 nitrogen and oxygen atoms in total. The number of likely N-dealkylation sites (N-methyl/N-ethyl adjacent to an activating group) is 1. The van der Waals surface area contributed by atoms with E-state index in [2.05, 4.69) is 24.8 Å². The second-order valence-corrected chi connectivity index (χ2v) is 8.63. The number of methoxy groups -OCH3 is 1. The maximum atomic E-state index is 13.7. The number of imidazole rings is 1. The first-order chi connectivity index (χ1) is 17.0. The predicted octanol–water partition coefficient (Wildman–Crippen LogP) is 3.49. The number of carbonyl (C=O) groups excluding carboxylic acids is 1. The molecule has 9 heteroatoms. The van der Waals surface area contributed by atoms with E-state index in [0.717, 1.165) is 40.1 Å². The molecule has 0 unspecified atom stereocenters. The second kappa shape index (κ2) is 9.55. The number of pyridine rings is 1. The molecule has 1 N–H and O–H groups in total. The van der Waals surface area contributed by atoms with Gasteiger partial charge in [-0.2, -0.15) is 0 Å². The van der Waals surface area contributed by atoms with E-state index in [1.54, 1.807) is 19.6 Å². The first-order valence-electron chi connectivity index (χ1n) is 11.4. The van der Waals surface area contributed by atoms with Gasteiger partial charge in [-0.1, -0.05) is 12.1 Å². The van der Waals surface area contributed by atoms with Crippen molar-refractivity contribution in [2.75, 3.05) is 34.3 Å². The van der Waals surface area contributed by atoms with Gasteiger partial charge in [-0.05, 0) is 50.0 Å². The molecule has 35 heavy (non-hydrogen) atoms. The largest absolute Gasteiger partial charge is 0.497 e. The Morgan fingerprint density at radius 1 is 1.09 bits per heavy atom. The van der Waals surface area contributed by atoms with Gasteiger partial charge < -0.3 is 19.5 Å². The summed E-state index contributed by atoms with van der Waals surface area (Å²) < 4.78 is 7.19. The van der Waals surface area contributed by atoms with Crippen LogP contribution in [0.2, 0.25) is 0 Å². The molecule has 4 heterocycles. The SMILES string of the molecule is COc1cccc(CN(CCN(C)C)C(=O)c2cnc3cc(-c4ncnc5[nH]ccc45)ccn23)c1. The Kier molecular flexibility index (Phi) is 6.15. The number of rotatable bonds is 8. The molecule has 0 aliphatic carbocycles. The van der Waals surface area contributed by atoms with Gasteiger partial charge in [0.05, 0.1) is 19.0 Å². The van der Waals surface area contributed by atoms with Crippen LogP contribution in [-0.4, -0.2) is 74.3 Å². The summed E-state index contributed by atoms with van der Waals surface area (Å²) in [7, 11) is 5.64. The molecule has 1 amide bonds. The zero-order valence-corrected chi connectivity index (χ0v) is 20.0. The topological polar surface area (TPSA) is 91.7 Å². The van der Waals surface area contributed by atoms with Crippen molar-refractivity contribution in [1.82, 2.24) is 34.1 Å². The lowest BCUT2D eigenvalue weighted by Gasteiger charge is -2.24. The predicted molar refractivity (Wildman–Crippen MR) is 134 cm³/mol. The van der Waals surface area contributed by atoms with E-state index in [1.807, 2.05) is 78.3 Å². The number of amides is 1. The fourth-order valence-electron chi connectivity index (χ4n) is 4.11. The van der Waals surface area contributed by atoms with Gasteiger partial charge in [-0.3, -0.25) is 9.20 Å². The zero-order valence-electron chi connectivity index (χ0n) is 20.0. The highest BCUT2D eigenvalue weighted by Gasteiger charge is 2.21. The van der Waals surface area contributed by atoms with Crippen molar-refractivity contribution in [3.8, 4) is 17.0 Å². The maximum Gasteiger partial charge on any atom is 0.272 e. The minimum absolute atomic E-state index is 0.0787. The number of benzene rings is 1. The van der Waals surface area contributed by atoms with E-state index in [1.165, 1.54) is 0 Å². The number of ether oxygens (including phenoxy) is 1. The Morgan fingerprint density at radius 2 is 1.97 bits per heavy atom. The van der Waals surface area contributed by atoms with Gasteiger partial charge in [0.15, 0.2) is 0 Å². The molecule has 0 aliphatic rings. The molecule has 0 atom stereocenters. The highest BCUT2D eigenvalue weighted by Crippen LogP contribution is 2.26. The number of aromatic amines is 1. The molecule has 0 saturated carbocycles. The molecule has 5 aromatic rings. The summed E-state index contributed by atoms with van der Waals surface area (Å²) in [6.45, 7) is 1.80. The summed E-state index contributed by atoms with van der Waals surface area (Å²) in [6.07, 6.45) is 6.90. The molecule has 0 fully saturated rings. The summed E-state index contributed by atoms with van der Waals surface area (Å²) in [5.74, 6) is 0.691. The highest BCUT2D eigenvalue weighted by atomic mass is 16.5. The van der Waals surface area contributed by atoms with Gasteiger partial charge in [0.2, 0.25) is 0 Å². The zero-order chi connectivity index (χ0) is 24.4. The number of nitrogens with one attached hydrogen (secondary N) is 1. The Labute approximate surface area is 203 Å². The van der Waals surface area contributed by atoms with Crippen LogP contribution in [0.25, 0.3) is 27.9 Å². The van der Waals surface area contributed by atoms with E-state index >= 15 is 0 Å². The number of carbonyl (C=O) groups is 1. The minimum Gasteiger partial charge on any atom is -0.497 e. The van der Waals surface area contributed by atoms with Crippen molar-refractivity contribution >= 4 is 22.6 Å². The number of fused-ring (bicyclic) bond motifs is 2. The summed E-state index contributed by atoms with van der Waals surface area (Å²) in [5, 5.41) is 0.938. The first-order valence-corrected chi connectivity index (χ1v) is 11.4. The summed E-state index contributed by atoms with van der Waals surface area (Å²) >= 11 is 0. The fourth-order valence-corrected chi connectivity index (χ4v) is 4.11. The molecule has 0 saturated heterocycles. The molecular weight excluding hydrogens is 442 g/mol. The first kappa shape index (κ1) is 22.5. The van der Waals surface area contributed by atoms with E-state index in [9.17, 15) is 4.79 Å². The van der Waals surface area contributed by atoms with Crippen LogP contribution in [-0.2, 0) is 6.54 Å². The van der Waals surface area contributed by atoms with Crippen molar-refractivity contribution in [2.24, 2.45) is 0 Å². The molecule has 178 valence electrons. The Balaban J connectivity index is 1.47. The Bertz CT molecular complexity index is 1490. The summed E-state index contributed by atoms with van der Waals surface area (Å²) in [5.41, 5.74) is 4.72. The Morgan fingerprint density at radius 3 is 2.80 bits per heavy atom. The fraction of sp³-hybridized carbons (Fsp3) is 0.231. The molecule has 1 aromatic carbocycles. The third kappa shape index (κ3) is 4.58. The molecule has 4 aromatic heterocycles. The Hall–Kier alpha value is -4.24. The van der Waals surface area contributed by atoms with Crippen molar-refractivity contribution < 1.29 is 9.53 Å². The highest BCUT2D eigenvalue weighted by molar-refractivity contribution is 5.94. The summed E-state index contributed by atoms with van der Waals surface area (Å²) in [6, 6.07) is 13.6. The lowest BCUT2D eigenvalue weighted by atomic mass is 10.1. The van der Waals surface area contributed by atoms with Crippen LogP contribution in [0.1, 0.15) is 16.1 Å². The average Bonchev–Trinajstić information content (AvgIpc) is 3.52. The van der Waals surface area contributed by atoms with E-state index in [4.69, 9.17) is 4.74 Å². The number of hydrogen-bond acceptors (Lipinski definition) is 6. The lowest BCUT2D eigenvalue weighted by Crippen LogP contribution is -2.36. The average molecular weight is 470 g/mol. The standard InChI is InChI=1S/C26H27N7O2/c1-31(2)11-12-32(16-18-5-4-6-20(13-18)35-3)26(34)22-15-28-23-14-19(8-10-33(22)23)24-21-7-9-27-25(21)30-17-29-24/h4-10,13-15,17H,11-12,16H2,1-3H3,(H,27,29,30). The van der Waals surface area contributed by atoms with Gasteiger partial charge >= 0.3 is 0 Å². The number of H-pyrrole nitrogens is 1. The smallest absolute Gasteiger partial charge is 0.272 e. The van der Waals surface area contributed by atoms with Crippen molar-refractivity contribution in [2.45, 2.75) is 6.54 Å². The quantitative estimate of drug-likeness (QED) is 0.374. The van der Waals surface area contributed by atoms with Crippen LogP contribution < -0.4 is 4.74 Å². The lowest BCUT2D eigenvalue weighted by molar-refractivity contribution is 0.0725. The second-order valence-electron chi connectivity index (χ2n) is 8.63. The maximum absolute atomic E-state index is 13.7. The third-order valence-electron chi connectivity index (χ3n) is 5.97. The molecular formula is C26H27N7O2. The van der Waals surface area contributed by atoms with Gasteiger partial charge in [0.25, 0.3) is 5.91 Å². The van der Waals surface area contributed by atoms with E-state index in [-0.39, 0.29) is 5.91 Å². The van der Waals surface area contributed by atoms with Crippen molar-refractivity contribution in [3.05, 3.63) is 78.6 Å². The minimum atomic E-state index is -0.0787. The third-order valence-corrected chi connectivity index (χ3v) is 5.97. The number of nitrogens with zero attached hydrogens (tertiary/aromatic N) is 6. The monoisotopic (exact) mass is 469 g/mol. The van der Waals surface area contributed by atoms with Crippen molar-refractivity contribution in [3.63, 3.8) is 0 Å². The molecule has 0 aliphatic heterocycles. The van der Waals surface area contributed by atoms with E-state index < -0.39 is 0 Å². The van der Waals surface area contributed by atoms with Crippen LogP contribution in [0, 0.1) is 0 Å². The number of hydrogen-bond donors (Lipinski definition) is 1. The van der Waals surface area contributed by atoms with Crippen LogP contribution in [0.5, 0.6) is 5.75 Å². The number of aromatic nitrogens is 5. The molecule has 0 spiro atoms. The van der Waals surface area contributed by atoms with Crippen LogP contribution >= 0.6 is 0 Å². The van der Waals surface area contributed by atoms with Gasteiger partial charge in [-0.25, -0.2) is 15.0 Å². The van der Waals surface area contributed by atoms with Gasteiger partial charge in [-0.15, -0.1) is 0 Å². The van der Waals surface area contributed by atoms with Gasteiger partial charge in [0.1, 0.15) is 29.1 Å². The molecule has 0 bridgehead atoms. The molecule has 0 radical (unpaired) electrons. The van der Waals surface area contributed by atoms with Crippen LogP contribution in [0.15, 0.2) is 67.4 Å². The van der Waals surface area contributed by atoms with Crippen molar-refractivity contribution in [1.29, 1.82) is 0 Å². The van der Waals surface area contributed by atoms with E-state index in [0.29, 0.717) is 24.4 Å². The molecule has 5 rings (SSSR count). The van der Waals surface area contributed by atoms with Crippen LogP contribution in [0.4, 0.5) is 0 Å². The normalized spacial score (nSPS) is 11.4. The van der Waals surface area contributed by atoms with Crippen LogP contribution in [0.3, 0.4) is 0 Å².